The lowest BCUT2D eigenvalue weighted by atomic mass is 10.2. The van der Waals surface area contributed by atoms with Crippen molar-refractivity contribution in [2.45, 2.75) is 20.8 Å². The second-order valence-electron chi connectivity index (χ2n) is 5.66. The number of hydrogen-bond acceptors (Lipinski definition) is 5. The first-order valence-electron chi connectivity index (χ1n) is 7.04. The number of carboxylic acids is 1. The van der Waals surface area contributed by atoms with Crippen LogP contribution in [0.3, 0.4) is 0 Å². The van der Waals surface area contributed by atoms with E-state index in [1.54, 1.807) is 32.9 Å². The lowest BCUT2D eigenvalue weighted by Gasteiger charge is -2.11. The molecule has 0 unspecified atom stereocenters. The summed E-state index contributed by atoms with van der Waals surface area (Å²) in [5, 5.41) is 11.1. The van der Waals surface area contributed by atoms with Crippen LogP contribution >= 0.6 is 0 Å². The van der Waals surface area contributed by atoms with E-state index in [1.807, 2.05) is 0 Å². The zero-order valence-corrected chi connectivity index (χ0v) is 14.1. The Kier molecular flexibility index (Phi) is 6.56. The Morgan fingerprint density at radius 1 is 1.30 bits per heavy atom. The smallest absolute Gasteiger partial charge is 0.341 e. The van der Waals surface area contributed by atoms with Gasteiger partial charge in [0, 0.05) is 5.69 Å². The topological polar surface area (TPSA) is 110 Å². The predicted octanol–water partition coefficient (Wildman–Crippen LogP) is 1.47. The lowest BCUT2D eigenvalue weighted by Crippen LogP contribution is -2.26. The summed E-state index contributed by atoms with van der Waals surface area (Å²) in [6.45, 7) is 4.79. The summed E-state index contributed by atoms with van der Waals surface area (Å²) < 4.78 is 28.6. The number of rotatable bonds is 8. The van der Waals surface area contributed by atoms with E-state index in [-0.39, 0.29) is 11.7 Å². The van der Waals surface area contributed by atoms with Crippen molar-refractivity contribution >= 4 is 27.4 Å². The lowest BCUT2D eigenvalue weighted by molar-refractivity contribution is -0.139. The maximum Gasteiger partial charge on any atom is 0.341 e. The van der Waals surface area contributed by atoms with Crippen LogP contribution < -0.4 is 10.1 Å². The van der Waals surface area contributed by atoms with Gasteiger partial charge in [-0.15, -0.1) is 0 Å². The number of aliphatic carboxylic acids is 1. The molecule has 23 heavy (non-hydrogen) atoms. The molecule has 0 saturated carbocycles. The number of carboxylic acid groups (broad SMARTS) is 1. The molecule has 0 spiro atoms. The molecule has 0 heterocycles. The molecule has 1 aromatic rings. The summed E-state index contributed by atoms with van der Waals surface area (Å²) in [7, 11) is -3.44. The van der Waals surface area contributed by atoms with E-state index in [9.17, 15) is 18.0 Å². The highest BCUT2D eigenvalue weighted by molar-refractivity contribution is 7.92. The van der Waals surface area contributed by atoms with Crippen molar-refractivity contribution < 1.29 is 27.9 Å². The van der Waals surface area contributed by atoms with Crippen LogP contribution in [0.4, 0.5) is 5.69 Å². The molecule has 7 nitrogen and oxygen atoms in total. The van der Waals surface area contributed by atoms with Gasteiger partial charge in [-0.05, 0) is 36.6 Å². The molecule has 0 atom stereocenters. The fourth-order valence-electron chi connectivity index (χ4n) is 1.96. The molecule has 0 saturated heterocycles. The molecule has 0 radical (unpaired) electrons. The van der Waals surface area contributed by atoms with E-state index < -0.39 is 34.1 Å². The van der Waals surface area contributed by atoms with Crippen molar-refractivity contribution in [2.75, 3.05) is 23.4 Å². The average Bonchev–Trinajstić information content (AvgIpc) is 2.36. The minimum absolute atomic E-state index is 0.0403. The fourth-order valence-corrected chi connectivity index (χ4v) is 3.57. The maximum atomic E-state index is 11.9. The molecule has 0 aliphatic rings. The van der Waals surface area contributed by atoms with Gasteiger partial charge >= 0.3 is 5.97 Å². The van der Waals surface area contributed by atoms with E-state index >= 15 is 0 Å². The molecule has 0 aromatic heterocycles. The van der Waals surface area contributed by atoms with E-state index in [0.717, 1.165) is 0 Å². The number of anilines is 1. The van der Waals surface area contributed by atoms with Crippen molar-refractivity contribution in [2.24, 2.45) is 5.92 Å². The molecule has 1 rings (SSSR count). The quantitative estimate of drug-likeness (QED) is 0.739. The third-order valence-corrected chi connectivity index (χ3v) is 4.65. The van der Waals surface area contributed by atoms with Crippen molar-refractivity contribution in [3.8, 4) is 5.75 Å². The summed E-state index contributed by atoms with van der Waals surface area (Å²) in [6, 6.07) is 4.62. The molecule has 0 aliphatic carbocycles. The fraction of sp³-hybridized carbons (Fsp3) is 0.467. The normalized spacial score (nSPS) is 11.3. The largest absolute Gasteiger partial charge is 0.482 e. The molecule has 128 valence electrons. The Bertz CT molecular complexity index is 681. The van der Waals surface area contributed by atoms with Crippen LogP contribution in [-0.4, -0.2) is 43.5 Å². The highest BCUT2D eigenvalue weighted by Gasteiger charge is 2.18. The molecule has 1 amide bonds. The first-order valence-corrected chi connectivity index (χ1v) is 8.86. The molecular weight excluding hydrogens is 322 g/mol. The van der Waals surface area contributed by atoms with Gasteiger partial charge in [0.25, 0.3) is 0 Å². The molecule has 0 fully saturated rings. The van der Waals surface area contributed by atoms with E-state index in [2.05, 4.69) is 5.32 Å². The van der Waals surface area contributed by atoms with Crippen LogP contribution in [0.5, 0.6) is 5.75 Å². The highest BCUT2D eigenvalue weighted by atomic mass is 32.2. The Balaban J connectivity index is 2.70. The van der Waals surface area contributed by atoms with Crippen molar-refractivity contribution in [3.05, 3.63) is 23.8 Å². The zero-order chi connectivity index (χ0) is 17.6. The van der Waals surface area contributed by atoms with Crippen molar-refractivity contribution in [1.82, 2.24) is 0 Å². The van der Waals surface area contributed by atoms with Gasteiger partial charge in [-0.3, -0.25) is 4.79 Å². The van der Waals surface area contributed by atoms with Crippen molar-refractivity contribution in [1.29, 1.82) is 0 Å². The second-order valence-corrected chi connectivity index (χ2v) is 7.76. The van der Waals surface area contributed by atoms with Crippen LogP contribution in [0, 0.1) is 12.8 Å². The average molecular weight is 343 g/mol. The minimum atomic E-state index is -3.44. The van der Waals surface area contributed by atoms with E-state index in [1.165, 1.54) is 6.07 Å². The van der Waals surface area contributed by atoms with Gasteiger partial charge in [-0.2, -0.15) is 0 Å². The number of carbonyl (C=O) groups is 2. The number of amides is 1. The summed E-state index contributed by atoms with van der Waals surface area (Å²) >= 11 is 0. The SMILES string of the molecule is Cc1cc(OCC(=O)O)ccc1NC(=O)CS(=O)(=O)CC(C)C. The van der Waals surface area contributed by atoms with Crippen molar-refractivity contribution in [3.63, 3.8) is 0 Å². The first-order chi connectivity index (χ1) is 10.6. The number of sulfone groups is 1. The number of benzene rings is 1. The maximum absolute atomic E-state index is 11.9. The van der Waals surface area contributed by atoms with E-state index in [4.69, 9.17) is 9.84 Å². The number of aryl methyl sites for hydroxylation is 1. The molecule has 1 aromatic carbocycles. The van der Waals surface area contributed by atoms with Gasteiger partial charge in [0.2, 0.25) is 5.91 Å². The van der Waals surface area contributed by atoms with E-state index in [0.29, 0.717) is 17.0 Å². The predicted molar refractivity (Wildman–Crippen MR) is 86.4 cm³/mol. The van der Waals surface area contributed by atoms with Gasteiger partial charge in [0.15, 0.2) is 16.4 Å². The van der Waals surface area contributed by atoms with Gasteiger partial charge in [-0.1, -0.05) is 13.8 Å². The zero-order valence-electron chi connectivity index (χ0n) is 13.3. The van der Waals surface area contributed by atoms with Gasteiger partial charge in [0.1, 0.15) is 11.5 Å². The number of ether oxygens (including phenoxy) is 1. The third-order valence-electron chi connectivity index (χ3n) is 2.77. The summed E-state index contributed by atoms with van der Waals surface area (Å²) in [6.07, 6.45) is 0. The summed E-state index contributed by atoms with van der Waals surface area (Å²) in [5.41, 5.74) is 1.10. The Hall–Kier alpha value is -2.09. The molecule has 8 heteroatoms. The van der Waals surface area contributed by atoms with Crippen LogP contribution in [-0.2, 0) is 19.4 Å². The Morgan fingerprint density at radius 3 is 2.48 bits per heavy atom. The van der Waals surface area contributed by atoms with Gasteiger partial charge in [-0.25, -0.2) is 13.2 Å². The standard InChI is InChI=1S/C15H21NO6S/c1-10(2)8-23(20,21)9-14(17)16-13-5-4-12(6-11(13)3)22-7-15(18)19/h4-6,10H,7-9H2,1-3H3,(H,16,17)(H,18,19). The first kappa shape index (κ1) is 19.0. The van der Waals surface area contributed by atoms with Crippen LogP contribution in [0.25, 0.3) is 0 Å². The summed E-state index contributed by atoms with van der Waals surface area (Å²) in [5.74, 6) is -1.98. The highest BCUT2D eigenvalue weighted by Crippen LogP contribution is 2.21. The number of nitrogens with one attached hydrogen (secondary N) is 1. The molecule has 2 N–H and O–H groups in total. The minimum Gasteiger partial charge on any atom is -0.482 e. The van der Waals surface area contributed by atoms with Gasteiger partial charge < -0.3 is 15.2 Å². The van der Waals surface area contributed by atoms with Crippen LogP contribution in [0.1, 0.15) is 19.4 Å². The second kappa shape index (κ2) is 7.96. The van der Waals surface area contributed by atoms with Crippen LogP contribution in [0.2, 0.25) is 0 Å². The number of carbonyl (C=O) groups excluding carboxylic acids is 1. The summed E-state index contributed by atoms with van der Waals surface area (Å²) in [4.78, 5) is 22.3. The Labute approximate surface area is 135 Å². The molecular formula is C15H21NO6S. The van der Waals surface area contributed by atoms with Gasteiger partial charge in [0.05, 0.1) is 5.75 Å². The number of hydrogen-bond donors (Lipinski definition) is 2. The van der Waals surface area contributed by atoms with Crippen LogP contribution in [0.15, 0.2) is 18.2 Å². The molecule has 0 bridgehead atoms. The third kappa shape index (κ3) is 7.14. The molecule has 0 aliphatic heterocycles. The monoisotopic (exact) mass is 343 g/mol. The Morgan fingerprint density at radius 2 is 1.96 bits per heavy atom.